The monoisotopic (exact) mass is 403 g/mol. The second-order valence-corrected chi connectivity index (χ2v) is 6.39. The third-order valence-corrected chi connectivity index (χ3v) is 4.23. The van der Waals surface area contributed by atoms with Gasteiger partial charge in [-0.25, -0.2) is 13.8 Å². The molecule has 0 unspecified atom stereocenters. The molecule has 7 heteroatoms. The summed E-state index contributed by atoms with van der Waals surface area (Å²) in [5.74, 6) is -1.22. The zero-order valence-electron chi connectivity index (χ0n) is 14.9. The summed E-state index contributed by atoms with van der Waals surface area (Å²) in [4.78, 5) is 15.6. The number of carbonyl (C=O) groups is 1. The van der Waals surface area contributed by atoms with Crippen LogP contribution >= 0.6 is 11.6 Å². The average Bonchev–Trinajstić information content (AvgIpc) is 2.67. The normalized spacial score (nSPS) is 10.6. The first kappa shape index (κ1) is 19.8. The summed E-state index contributed by atoms with van der Waals surface area (Å²) in [6, 6.07) is 13.6. The van der Waals surface area contributed by atoms with Crippen LogP contribution in [-0.2, 0) is 22.6 Å². The molecule has 0 atom stereocenters. The van der Waals surface area contributed by atoms with Crippen LogP contribution in [-0.4, -0.2) is 18.1 Å². The van der Waals surface area contributed by atoms with Crippen LogP contribution in [0.25, 0.3) is 11.3 Å². The molecule has 0 aliphatic heterocycles. The zero-order chi connectivity index (χ0) is 20.1. The van der Waals surface area contributed by atoms with Crippen molar-refractivity contribution >= 4 is 17.6 Å². The van der Waals surface area contributed by atoms with E-state index in [9.17, 15) is 13.6 Å². The van der Waals surface area contributed by atoms with Crippen LogP contribution in [0.5, 0.6) is 5.88 Å². The second kappa shape index (κ2) is 8.80. The lowest BCUT2D eigenvalue weighted by atomic mass is 10.1. The summed E-state index contributed by atoms with van der Waals surface area (Å²) in [5.41, 5.74) is 1.45. The molecule has 28 heavy (non-hydrogen) atoms. The highest BCUT2D eigenvalue weighted by molar-refractivity contribution is 6.30. The number of carbonyl (C=O) groups excluding carboxylic acids is 1. The minimum atomic E-state index is -0.519. The number of halogens is 3. The molecule has 0 radical (unpaired) electrons. The standard InChI is InChI=1S/C21H16ClF2NO3/c1-27-21(26)10-13-5-8-16(18(24)9-13)19-3-2-4-20(25-19)28-12-14-6-7-15(22)11-17(14)23/h2-9,11H,10,12H2,1H3. The molecular weight excluding hydrogens is 388 g/mol. The molecule has 0 aliphatic rings. The topological polar surface area (TPSA) is 48.4 Å². The average molecular weight is 404 g/mol. The van der Waals surface area contributed by atoms with Crippen molar-refractivity contribution in [3.05, 3.63) is 82.4 Å². The van der Waals surface area contributed by atoms with Gasteiger partial charge in [0, 0.05) is 22.2 Å². The Balaban J connectivity index is 1.76. The Kier molecular flexibility index (Phi) is 6.21. The predicted molar refractivity (Wildman–Crippen MR) is 101 cm³/mol. The smallest absolute Gasteiger partial charge is 0.309 e. The second-order valence-electron chi connectivity index (χ2n) is 5.95. The molecular formula is C21H16ClF2NO3. The number of aromatic nitrogens is 1. The molecule has 0 saturated heterocycles. The van der Waals surface area contributed by atoms with E-state index in [0.29, 0.717) is 21.8 Å². The number of methoxy groups -OCH3 is 1. The third-order valence-electron chi connectivity index (χ3n) is 4.00. The maximum absolute atomic E-state index is 14.5. The Morgan fingerprint density at radius 3 is 2.61 bits per heavy atom. The number of benzene rings is 2. The summed E-state index contributed by atoms with van der Waals surface area (Å²) in [6.07, 6.45) is -0.0169. The van der Waals surface area contributed by atoms with Crippen molar-refractivity contribution in [1.82, 2.24) is 4.98 Å². The lowest BCUT2D eigenvalue weighted by Crippen LogP contribution is -2.05. The van der Waals surface area contributed by atoms with E-state index in [0.717, 1.165) is 0 Å². The first-order chi connectivity index (χ1) is 13.5. The van der Waals surface area contributed by atoms with Crippen molar-refractivity contribution in [2.75, 3.05) is 7.11 Å². The van der Waals surface area contributed by atoms with Gasteiger partial charge in [-0.05, 0) is 35.9 Å². The summed E-state index contributed by atoms with van der Waals surface area (Å²) < 4.78 is 38.4. The van der Waals surface area contributed by atoms with Crippen LogP contribution in [0.15, 0.2) is 54.6 Å². The third kappa shape index (κ3) is 4.84. The van der Waals surface area contributed by atoms with Crippen LogP contribution < -0.4 is 4.74 Å². The van der Waals surface area contributed by atoms with E-state index in [1.54, 1.807) is 36.4 Å². The van der Waals surface area contributed by atoms with Crippen LogP contribution in [0, 0.1) is 11.6 Å². The summed E-state index contributed by atoms with van der Waals surface area (Å²) in [6.45, 7) is -0.0417. The predicted octanol–water partition coefficient (Wildman–Crippen LogP) is 4.97. The maximum atomic E-state index is 14.5. The first-order valence-electron chi connectivity index (χ1n) is 8.35. The quantitative estimate of drug-likeness (QED) is 0.545. The van der Waals surface area contributed by atoms with Crippen molar-refractivity contribution in [1.29, 1.82) is 0 Å². The summed E-state index contributed by atoms with van der Waals surface area (Å²) in [7, 11) is 1.28. The number of hydrogen-bond acceptors (Lipinski definition) is 4. The summed E-state index contributed by atoms with van der Waals surface area (Å²) >= 11 is 5.73. The zero-order valence-corrected chi connectivity index (χ0v) is 15.7. The van der Waals surface area contributed by atoms with Gasteiger partial charge in [-0.1, -0.05) is 29.8 Å². The van der Waals surface area contributed by atoms with Crippen molar-refractivity contribution in [2.24, 2.45) is 0 Å². The van der Waals surface area contributed by atoms with Gasteiger partial charge in [0.1, 0.15) is 18.2 Å². The lowest BCUT2D eigenvalue weighted by molar-refractivity contribution is -0.139. The minimum Gasteiger partial charge on any atom is -0.473 e. The van der Waals surface area contributed by atoms with Gasteiger partial charge in [0.05, 0.1) is 19.2 Å². The van der Waals surface area contributed by atoms with Crippen molar-refractivity contribution in [3.63, 3.8) is 0 Å². The fourth-order valence-electron chi connectivity index (χ4n) is 2.55. The van der Waals surface area contributed by atoms with Gasteiger partial charge in [0.2, 0.25) is 5.88 Å². The molecule has 1 heterocycles. The number of esters is 1. The van der Waals surface area contributed by atoms with Gasteiger partial charge in [-0.2, -0.15) is 0 Å². The SMILES string of the molecule is COC(=O)Cc1ccc(-c2cccc(OCc3ccc(Cl)cc3F)n2)c(F)c1. The minimum absolute atomic E-state index is 0.0169. The van der Waals surface area contributed by atoms with Crippen molar-refractivity contribution in [3.8, 4) is 17.1 Å². The molecule has 3 aromatic rings. The van der Waals surface area contributed by atoms with E-state index < -0.39 is 17.6 Å². The van der Waals surface area contributed by atoms with Gasteiger partial charge in [-0.3, -0.25) is 4.79 Å². The van der Waals surface area contributed by atoms with Gasteiger partial charge < -0.3 is 9.47 Å². The molecule has 2 aromatic carbocycles. The Hall–Kier alpha value is -2.99. The van der Waals surface area contributed by atoms with Crippen LogP contribution in [0.2, 0.25) is 5.02 Å². The lowest BCUT2D eigenvalue weighted by Gasteiger charge is -2.09. The number of ether oxygens (including phenoxy) is 2. The summed E-state index contributed by atoms with van der Waals surface area (Å²) in [5, 5.41) is 0.299. The van der Waals surface area contributed by atoms with E-state index in [1.165, 1.54) is 25.3 Å². The van der Waals surface area contributed by atoms with Gasteiger partial charge >= 0.3 is 5.97 Å². The van der Waals surface area contributed by atoms with Gasteiger partial charge in [0.25, 0.3) is 0 Å². The van der Waals surface area contributed by atoms with Gasteiger partial charge in [0.15, 0.2) is 0 Å². The molecule has 144 valence electrons. The molecule has 0 fully saturated rings. The molecule has 0 spiro atoms. The Labute approximate surface area is 165 Å². The molecule has 0 bridgehead atoms. The highest BCUT2D eigenvalue weighted by atomic mass is 35.5. The van der Waals surface area contributed by atoms with E-state index in [1.807, 2.05) is 0 Å². The molecule has 0 aliphatic carbocycles. The van der Waals surface area contributed by atoms with Crippen LogP contribution in [0.1, 0.15) is 11.1 Å². The molecule has 3 rings (SSSR count). The molecule has 0 amide bonds. The van der Waals surface area contributed by atoms with Gasteiger partial charge in [-0.15, -0.1) is 0 Å². The largest absolute Gasteiger partial charge is 0.473 e. The number of nitrogens with zero attached hydrogens (tertiary/aromatic N) is 1. The van der Waals surface area contributed by atoms with E-state index >= 15 is 0 Å². The molecule has 0 saturated carbocycles. The fraction of sp³-hybridized carbons (Fsp3) is 0.143. The first-order valence-corrected chi connectivity index (χ1v) is 8.73. The van der Waals surface area contributed by atoms with Crippen LogP contribution in [0.3, 0.4) is 0 Å². The Bertz CT molecular complexity index is 1010. The Morgan fingerprint density at radius 1 is 1.07 bits per heavy atom. The van der Waals surface area contributed by atoms with Crippen molar-refractivity contribution < 1.29 is 23.0 Å². The number of hydrogen-bond donors (Lipinski definition) is 0. The van der Waals surface area contributed by atoms with E-state index in [4.69, 9.17) is 16.3 Å². The molecule has 4 nitrogen and oxygen atoms in total. The Morgan fingerprint density at radius 2 is 1.89 bits per heavy atom. The molecule has 1 aromatic heterocycles. The number of pyridine rings is 1. The maximum Gasteiger partial charge on any atom is 0.309 e. The number of rotatable bonds is 6. The fourth-order valence-corrected chi connectivity index (χ4v) is 2.71. The van der Waals surface area contributed by atoms with E-state index in [-0.39, 0.29) is 24.5 Å². The highest BCUT2D eigenvalue weighted by Gasteiger charge is 2.11. The molecule has 0 N–H and O–H groups in total. The van der Waals surface area contributed by atoms with Crippen LogP contribution in [0.4, 0.5) is 8.78 Å². The highest BCUT2D eigenvalue weighted by Crippen LogP contribution is 2.25. The van der Waals surface area contributed by atoms with E-state index in [2.05, 4.69) is 9.72 Å². The van der Waals surface area contributed by atoms with Crippen molar-refractivity contribution in [2.45, 2.75) is 13.0 Å².